The molecule has 0 aromatic carbocycles. The van der Waals surface area contributed by atoms with Crippen molar-refractivity contribution in [3.63, 3.8) is 0 Å². The summed E-state index contributed by atoms with van der Waals surface area (Å²) in [7, 11) is 0. The van der Waals surface area contributed by atoms with E-state index >= 15 is 0 Å². The standard InChI is InChI=1S/C19H16ClF3N6O2/c1-17(9-31-18(2,16(25)29-17)19(21,22)23)12-4-3-5-13(27-12)28-15(30)14-11(20)6-10(7-24)8-26-14/h3-6,8H,9H2,1-2H3,(H2,25,29)(H,27,28,30)/t17-,18+/m0/s1. The first-order valence-corrected chi connectivity index (χ1v) is 9.18. The molecule has 2 atom stereocenters. The molecule has 1 amide bonds. The van der Waals surface area contributed by atoms with Crippen molar-refractivity contribution in [1.82, 2.24) is 9.97 Å². The highest BCUT2D eigenvalue weighted by Crippen LogP contribution is 2.40. The number of pyridine rings is 2. The molecule has 31 heavy (non-hydrogen) atoms. The zero-order valence-corrected chi connectivity index (χ0v) is 17.0. The highest BCUT2D eigenvalue weighted by atomic mass is 35.5. The summed E-state index contributed by atoms with van der Waals surface area (Å²) < 4.78 is 45.0. The van der Waals surface area contributed by atoms with E-state index in [4.69, 9.17) is 27.3 Å². The maximum atomic E-state index is 13.3. The van der Waals surface area contributed by atoms with Gasteiger partial charge >= 0.3 is 6.18 Å². The van der Waals surface area contributed by atoms with Crippen LogP contribution in [-0.2, 0) is 10.3 Å². The lowest BCUT2D eigenvalue weighted by Gasteiger charge is -2.40. The summed E-state index contributed by atoms with van der Waals surface area (Å²) in [4.78, 5) is 24.6. The number of carbonyl (C=O) groups is 1. The number of aromatic nitrogens is 2. The molecular weight excluding hydrogens is 437 g/mol. The molecule has 0 saturated carbocycles. The van der Waals surface area contributed by atoms with E-state index in [2.05, 4.69) is 20.3 Å². The van der Waals surface area contributed by atoms with Crippen LogP contribution >= 0.6 is 11.6 Å². The van der Waals surface area contributed by atoms with E-state index in [1.165, 1.54) is 31.3 Å². The van der Waals surface area contributed by atoms with Crippen LogP contribution in [0.15, 0.2) is 35.5 Å². The van der Waals surface area contributed by atoms with Gasteiger partial charge in [0.2, 0.25) is 5.60 Å². The number of aliphatic imine (C=N–C) groups is 1. The lowest BCUT2D eigenvalue weighted by atomic mass is 9.93. The van der Waals surface area contributed by atoms with Crippen molar-refractivity contribution < 1.29 is 22.7 Å². The molecule has 1 aliphatic heterocycles. The maximum absolute atomic E-state index is 13.3. The molecular formula is C19H16ClF3N6O2. The van der Waals surface area contributed by atoms with Crippen LogP contribution in [0, 0.1) is 11.3 Å². The molecule has 0 saturated heterocycles. The normalized spacial score (nSPS) is 23.6. The largest absolute Gasteiger partial charge is 0.424 e. The van der Waals surface area contributed by atoms with Gasteiger partial charge in [0.1, 0.15) is 29.0 Å². The summed E-state index contributed by atoms with van der Waals surface area (Å²) >= 11 is 5.99. The number of carbonyl (C=O) groups excluding carboxylic acids is 1. The van der Waals surface area contributed by atoms with Gasteiger partial charge in [-0.05, 0) is 32.0 Å². The van der Waals surface area contributed by atoms with E-state index in [9.17, 15) is 18.0 Å². The van der Waals surface area contributed by atoms with Gasteiger partial charge in [0.25, 0.3) is 5.91 Å². The molecule has 0 spiro atoms. The molecule has 12 heteroatoms. The number of ether oxygens (including phenoxy) is 1. The zero-order valence-electron chi connectivity index (χ0n) is 16.3. The van der Waals surface area contributed by atoms with Crippen LogP contribution in [0.2, 0.25) is 5.02 Å². The molecule has 0 fully saturated rings. The van der Waals surface area contributed by atoms with Crippen LogP contribution in [0.3, 0.4) is 0 Å². The fourth-order valence-corrected chi connectivity index (χ4v) is 3.02. The van der Waals surface area contributed by atoms with Gasteiger partial charge in [0.05, 0.1) is 22.9 Å². The van der Waals surface area contributed by atoms with Crippen LogP contribution in [-0.4, -0.2) is 40.1 Å². The molecule has 0 radical (unpaired) electrons. The molecule has 0 unspecified atom stereocenters. The summed E-state index contributed by atoms with van der Waals surface area (Å²) in [5.74, 6) is -1.32. The van der Waals surface area contributed by atoms with Crippen LogP contribution in [0.4, 0.5) is 19.0 Å². The second-order valence-electron chi connectivity index (χ2n) is 7.12. The first-order valence-electron chi connectivity index (χ1n) is 8.80. The Labute approximate surface area is 179 Å². The lowest BCUT2D eigenvalue weighted by molar-refractivity contribution is -0.249. The molecule has 3 N–H and O–H groups in total. The maximum Gasteiger partial charge on any atom is 0.424 e. The Hall–Kier alpha value is -3.23. The third kappa shape index (κ3) is 4.17. The Morgan fingerprint density at radius 1 is 1.39 bits per heavy atom. The molecule has 1 aliphatic rings. The van der Waals surface area contributed by atoms with Crippen molar-refractivity contribution in [2.45, 2.75) is 31.2 Å². The number of amidine groups is 1. The number of amides is 1. The Balaban J connectivity index is 1.87. The zero-order chi connectivity index (χ0) is 23.0. The monoisotopic (exact) mass is 452 g/mol. The average molecular weight is 453 g/mol. The number of nitrogens with one attached hydrogen (secondary N) is 1. The molecule has 3 heterocycles. The lowest BCUT2D eigenvalue weighted by Crippen LogP contribution is -2.60. The predicted octanol–water partition coefficient (Wildman–Crippen LogP) is 3.18. The summed E-state index contributed by atoms with van der Waals surface area (Å²) in [5, 5.41) is 11.3. The van der Waals surface area contributed by atoms with Gasteiger partial charge in [-0.1, -0.05) is 17.7 Å². The van der Waals surface area contributed by atoms with Crippen molar-refractivity contribution in [2.24, 2.45) is 10.7 Å². The van der Waals surface area contributed by atoms with E-state index < -0.39 is 35.7 Å². The van der Waals surface area contributed by atoms with Crippen LogP contribution in [0.25, 0.3) is 0 Å². The minimum atomic E-state index is -4.74. The van der Waals surface area contributed by atoms with Crippen LogP contribution in [0.1, 0.15) is 35.6 Å². The van der Waals surface area contributed by atoms with Crippen LogP contribution in [0.5, 0.6) is 0 Å². The molecule has 2 aromatic rings. The van der Waals surface area contributed by atoms with Gasteiger partial charge < -0.3 is 15.8 Å². The van der Waals surface area contributed by atoms with E-state index in [-0.39, 0.29) is 27.8 Å². The highest BCUT2D eigenvalue weighted by Gasteiger charge is 2.59. The van der Waals surface area contributed by atoms with Crippen molar-refractivity contribution in [1.29, 1.82) is 5.26 Å². The number of nitriles is 1. The highest BCUT2D eigenvalue weighted by molar-refractivity contribution is 6.34. The Morgan fingerprint density at radius 3 is 2.68 bits per heavy atom. The number of alkyl halides is 3. The molecule has 0 aliphatic carbocycles. The van der Waals surface area contributed by atoms with Gasteiger partial charge in [-0.25, -0.2) is 9.97 Å². The summed E-state index contributed by atoms with van der Waals surface area (Å²) in [6.45, 7) is 1.89. The SMILES string of the molecule is C[C@@]1(c2cccc(NC(=O)c3ncc(C#N)cc3Cl)n2)CO[C@@](C)(C(F)(F)F)C(N)=N1. The molecule has 0 bridgehead atoms. The van der Waals surface area contributed by atoms with Crippen molar-refractivity contribution in [3.8, 4) is 6.07 Å². The second kappa shape index (κ2) is 7.79. The van der Waals surface area contributed by atoms with Crippen LogP contribution < -0.4 is 11.1 Å². The van der Waals surface area contributed by atoms with E-state index in [1.807, 2.05) is 6.07 Å². The van der Waals surface area contributed by atoms with Gasteiger partial charge in [0, 0.05) is 6.20 Å². The van der Waals surface area contributed by atoms with Gasteiger partial charge in [0.15, 0.2) is 0 Å². The Morgan fingerprint density at radius 2 is 2.10 bits per heavy atom. The molecule has 2 aromatic heterocycles. The van der Waals surface area contributed by atoms with Gasteiger partial charge in [-0.2, -0.15) is 18.4 Å². The van der Waals surface area contributed by atoms with Crippen molar-refractivity contribution in [2.75, 3.05) is 11.9 Å². The van der Waals surface area contributed by atoms with E-state index in [0.29, 0.717) is 0 Å². The predicted molar refractivity (Wildman–Crippen MR) is 106 cm³/mol. The fraction of sp³-hybridized carbons (Fsp3) is 0.316. The fourth-order valence-electron chi connectivity index (χ4n) is 2.77. The van der Waals surface area contributed by atoms with E-state index in [0.717, 1.165) is 6.92 Å². The summed E-state index contributed by atoms with van der Waals surface area (Å²) in [6, 6.07) is 7.69. The molecule has 8 nitrogen and oxygen atoms in total. The Kier molecular flexibility index (Phi) is 5.64. The number of nitrogens with two attached hydrogens (primary N) is 1. The Bertz CT molecular complexity index is 1120. The summed E-state index contributed by atoms with van der Waals surface area (Å²) in [5.41, 5.74) is 1.90. The van der Waals surface area contributed by atoms with Gasteiger partial charge in [-0.3, -0.25) is 9.79 Å². The number of nitrogens with zero attached hydrogens (tertiary/aromatic N) is 4. The quantitative estimate of drug-likeness (QED) is 0.736. The smallest absolute Gasteiger partial charge is 0.385 e. The van der Waals surface area contributed by atoms with Crippen molar-refractivity contribution >= 4 is 29.2 Å². The topological polar surface area (TPSA) is 126 Å². The number of halogens is 4. The van der Waals surface area contributed by atoms with Gasteiger partial charge in [-0.15, -0.1) is 0 Å². The number of rotatable bonds is 3. The first kappa shape index (κ1) is 22.5. The molecule has 3 rings (SSSR count). The number of anilines is 1. The third-order valence-electron chi connectivity index (χ3n) is 4.77. The number of hydrogen-bond acceptors (Lipinski definition) is 7. The number of hydrogen-bond donors (Lipinski definition) is 2. The molecule has 162 valence electrons. The van der Waals surface area contributed by atoms with E-state index in [1.54, 1.807) is 6.07 Å². The second-order valence-corrected chi connectivity index (χ2v) is 7.53. The summed E-state index contributed by atoms with van der Waals surface area (Å²) in [6.07, 6.45) is -3.54. The minimum absolute atomic E-state index is 0.0239. The minimum Gasteiger partial charge on any atom is -0.385 e. The first-order chi connectivity index (χ1) is 14.4. The average Bonchev–Trinajstić information content (AvgIpc) is 2.70. The van der Waals surface area contributed by atoms with Crippen molar-refractivity contribution in [3.05, 3.63) is 52.4 Å². The third-order valence-corrected chi connectivity index (χ3v) is 5.05.